The van der Waals surface area contributed by atoms with E-state index in [1.807, 2.05) is 26.0 Å². The van der Waals surface area contributed by atoms with Gasteiger partial charge in [-0.2, -0.15) is 0 Å². The Morgan fingerprint density at radius 1 is 1.23 bits per heavy atom. The van der Waals surface area contributed by atoms with Crippen LogP contribution in [0.3, 0.4) is 0 Å². The van der Waals surface area contributed by atoms with Gasteiger partial charge in [0.15, 0.2) is 12.6 Å². The van der Waals surface area contributed by atoms with E-state index in [4.69, 9.17) is 14.7 Å². The molecule has 1 saturated heterocycles. The van der Waals surface area contributed by atoms with Crippen molar-refractivity contribution in [1.29, 1.82) is 0 Å². The number of aliphatic imine (C=N–C) groups is 1. The highest BCUT2D eigenvalue weighted by Gasteiger charge is 2.22. The second-order valence-corrected chi connectivity index (χ2v) is 9.63. The van der Waals surface area contributed by atoms with Crippen molar-refractivity contribution in [2.45, 2.75) is 46.0 Å². The van der Waals surface area contributed by atoms with Crippen molar-refractivity contribution < 1.29 is 19.5 Å². The van der Waals surface area contributed by atoms with Crippen LogP contribution in [0.5, 0.6) is 5.75 Å². The molecule has 8 heteroatoms. The fourth-order valence-corrected chi connectivity index (χ4v) is 4.41. The number of aliphatic hydroxyl groups is 1. The molecule has 1 aliphatic heterocycles. The third-order valence-electron chi connectivity index (χ3n) is 6.69. The average Bonchev–Trinajstić information content (AvgIpc) is 2.89. The van der Waals surface area contributed by atoms with Crippen molar-refractivity contribution in [3.8, 4) is 5.75 Å². The van der Waals surface area contributed by atoms with Gasteiger partial charge >= 0.3 is 0 Å². The third kappa shape index (κ3) is 8.47. The van der Waals surface area contributed by atoms with Crippen LogP contribution in [0.2, 0.25) is 0 Å². The fraction of sp³-hybridized carbons (Fsp3) is 0.593. The molecule has 1 fully saturated rings. The predicted octanol–water partition coefficient (Wildman–Crippen LogP) is 3.71. The Kier molecular flexibility index (Phi) is 10.8. The highest BCUT2D eigenvalue weighted by atomic mass is 16.6. The van der Waals surface area contributed by atoms with Crippen LogP contribution >= 0.6 is 0 Å². The van der Waals surface area contributed by atoms with Gasteiger partial charge in [0.25, 0.3) is 0 Å². The lowest BCUT2D eigenvalue weighted by molar-refractivity contribution is -0.125. The minimum atomic E-state index is -0.0224. The van der Waals surface area contributed by atoms with Crippen molar-refractivity contribution in [2.24, 2.45) is 27.9 Å². The molecule has 1 atom stereocenters. The molecule has 2 aliphatic rings. The number of piperidine rings is 1. The first-order valence-electron chi connectivity index (χ1n) is 12.7. The van der Waals surface area contributed by atoms with Gasteiger partial charge in [0.2, 0.25) is 5.91 Å². The molecule has 1 aromatic rings. The van der Waals surface area contributed by atoms with Gasteiger partial charge in [-0.3, -0.25) is 9.69 Å². The van der Waals surface area contributed by atoms with E-state index >= 15 is 0 Å². The lowest BCUT2D eigenvalue weighted by Gasteiger charge is -2.30. The topological polar surface area (TPSA) is 95.8 Å². The normalized spacial score (nSPS) is 19.8. The van der Waals surface area contributed by atoms with E-state index < -0.39 is 0 Å². The molecule has 0 aromatic heterocycles. The largest absolute Gasteiger partial charge is 0.493 e. The number of allylic oxidation sites excluding steroid dienone is 2. The maximum absolute atomic E-state index is 12.1. The molecule has 1 unspecified atom stereocenters. The lowest BCUT2D eigenvalue weighted by Crippen LogP contribution is -2.36. The summed E-state index contributed by atoms with van der Waals surface area (Å²) in [6, 6.07) is 8.29. The molecule has 0 saturated carbocycles. The molecule has 1 heterocycles. The zero-order chi connectivity index (χ0) is 25.0. The van der Waals surface area contributed by atoms with E-state index in [0.717, 1.165) is 57.6 Å². The Morgan fingerprint density at radius 2 is 1.97 bits per heavy atom. The summed E-state index contributed by atoms with van der Waals surface area (Å²) >= 11 is 0. The van der Waals surface area contributed by atoms with E-state index in [-0.39, 0.29) is 24.3 Å². The summed E-state index contributed by atoms with van der Waals surface area (Å²) in [5.41, 5.74) is 2.47. The van der Waals surface area contributed by atoms with Crippen molar-refractivity contribution in [3.63, 3.8) is 0 Å². The molecule has 0 radical (unpaired) electrons. The van der Waals surface area contributed by atoms with Gasteiger partial charge in [0, 0.05) is 31.5 Å². The standard InChI is InChI=1S/C27H40N4O4/c1-20(2)26(28-3)30-35-19-31-15-12-21(13-16-31)18-34-25-10-8-23(9-11-25)22-4-6-24(7-5-22)27(33)29-14-17-32/h4,8-11,20-21,24,32H,3,5-7,12-19H2,1-2H3,(H,29,33)/b30-26-. The number of rotatable bonds is 11. The number of benzene rings is 1. The van der Waals surface area contributed by atoms with Crippen LogP contribution in [0.15, 0.2) is 40.5 Å². The van der Waals surface area contributed by atoms with E-state index in [0.29, 0.717) is 25.0 Å². The minimum absolute atomic E-state index is 0.000258. The molecule has 0 bridgehead atoms. The number of amidine groups is 1. The summed E-state index contributed by atoms with van der Waals surface area (Å²) in [5.74, 6) is 2.29. The molecule has 1 aromatic carbocycles. The SMILES string of the molecule is C=N/C(=N\OCN1CCC(COc2ccc(C3=CCC(C(=O)NCCO)CC3)cc2)CC1)C(C)C. The van der Waals surface area contributed by atoms with Crippen LogP contribution in [0.25, 0.3) is 5.57 Å². The van der Waals surface area contributed by atoms with Crippen molar-refractivity contribution in [2.75, 3.05) is 39.6 Å². The Labute approximate surface area is 209 Å². The third-order valence-corrected chi connectivity index (χ3v) is 6.69. The number of ether oxygens (including phenoxy) is 1. The van der Waals surface area contributed by atoms with Crippen LogP contribution in [0, 0.1) is 17.8 Å². The molecule has 35 heavy (non-hydrogen) atoms. The van der Waals surface area contributed by atoms with Gasteiger partial charge in [-0.15, -0.1) is 0 Å². The number of amides is 1. The summed E-state index contributed by atoms with van der Waals surface area (Å²) in [6.07, 6.45) is 6.77. The highest BCUT2D eigenvalue weighted by molar-refractivity contribution is 5.87. The first kappa shape index (κ1) is 26.9. The van der Waals surface area contributed by atoms with Gasteiger partial charge < -0.3 is 20.0 Å². The molecule has 192 valence electrons. The number of aliphatic hydroxyl groups excluding tert-OH is 1. The maximum atomic E-state index is 12.1. The Hall–Kier alpha value is -2.71. The molecule has 8 nitrogen and oxygen atoms in total. The van der Waals surface area contributed by atoms with Crippen LogP contribution in [0.4, 0.5) is 0 Å². The summed E-state index contributed by atoms with van der Waals surface area (Å²) < 4.78 is 6.08. The van der Waals surface area contributed by atoms with Crippen molar-refractivity contribution in [3.05, 3.63) is 35.9 Å². The highest BCUT2D eigenvalue weighted by Crippen LogP contribution is 2.31. The Balaban J connectivity index is 1.37. The van der Waals surface area contributed by atoms with E-state index in [2.05, 4.69) is 45.3 Å². The average molecular weight is 485 g/mol. The Bertz CT molecular complexity index is 874. The molecule has 1 aliphatic carbocycles. The van der Waals surface area contributed by atoms with E-state index in [1.165, 1.54) is 11.1 Å². The van der Waals surface area contributed by atoms with Gasteiger partial charge in [0.1, 0.15) is 5.75 Å². The number of nitrogens with one attached hydrogen (secondary N) is 1. The number of hydrogen-bond donors (Lipinski definition) is 2. The Morgan fingerprint density at radius 3 is 2.57 bits per heavy atom. The predicted molar refractivity (Wildman–Crippen MR) is 139 cm³/mol. The van der Waals surface area contributed by atoms with Crippen LogP contribution in [0.1, 0.15) is 51.5 Å². The van der Waals surface area contributed by atoms with Crippen molar-refractivity contribution in [1.82, 2.24) is 10.2 Å². The van der Waals surface area contributed by atoms with E-state index in [9.17, 15) is 4.79 Å². The first-order valence-corrected chi connectivity index (χ1v) is 12.7. The number of likely N-dealkylation sites (tertiary alicyclic amines) is 1. The van der Waals surface area contributed by atoms with Gasteiger partial charge in [-0.1, -0.05) is 37.2 Å². The van der Waals surface area contributed by atoms with Crippen LogP contribution in [-0.2, 0) is 9.63 Å². The summed E-state index contributed by atoms with van der Waals surface area (Å²) in [7, 11) is 0. The number of carbonyl (C=O) groups is 1. The smallest absolute Gasteiger partial charge is 0.223 e. The summed E-state index contributed by atoms with van der Waals surface area (Å²) in [4.78, 5) is 23.7. The summed E-state index contributed by atoms with van der Waals surface area (Å²) in [5, 5.41) is 15.7. The van der Waals surface area contributed by atoms with Gasteiger partial charge in [-0.05, 0) is 68.0 Å². The van der Waals surface area contributed by atoms with E-state index in [1.54, 1.807) is 0 Å². The first-order chi connectivity index (χ1) is 17.0. The quantitative estimate of drug-likeness (QED) is 0.284. The number of carbonyl (C=O) groups excluding carboxylic acids is 1. The molecule has 0 spiro atoms. The maximum Gasteiger partial charge on any atom is 0.223 e. The van der Waals surface area contributed by atoms with Crippen molar-refractivity contribution >= 4 is 24.0 Å². The van der Waals surface area contributed by atoms with Gasteiger partial charge in [0.05, 0.1) is 13.2 Å². The lowest BCUT2D eigenvalue weighted by atomic mass is 9.86. The van der Waals surface area contributed by atoms with Gasteiger partial charge in [-0.25, -0.2) is 4.99 Å². The zero-order valence-electron chi connectivity index (χ0n) is 21.1. The number of oxime groups is 1. The zero-order valence-corrected chi connectivity index (χ0v) is 21.1. The molecular formula is C27H40N4O4. The molecule has 1 amide bonds. The molecular weight excluding hydrogens is 444 g/mol. The second kappa shape index (κ2) is 14.0. The molecule has 3 rings (SSSR count). The fourth-order valence-electron chi connectivity index (χ4n) is 4.41. The number of hydrogen-bond acceptors (Lipinski definition) is 6. The summed E-state index contributed by atoms with van der Waals surface area (Å²) in [6.45, 7) is 11.0. The molecule has 2 N–H and O–H groups in total. The minimum Gasteiger partial charge on any atom is -0.493 e. The second-order valence-electron chi connectivity index (χ2n) is 9.63. The monoisotopic (exact) mass is 484 g/mol. The van der Waals surface area contributed by atoms with Crippen LogP contribution in [-0.4, -0.2) is 68.0 Å². The number of nitrogens with zero attached hydrogens (tertiary/aromatic N) is 3. The van der Waals surface area contributed by atoms with Crippen LogP contribution < -0.4 is 10.1 Å².